The molecule has 1 aromatic rings. The van der Waals surface area contributed by atoms with E-state index in [1.807, 2.05) is 13.8 Å². The average Bonchev–Trinajstić information content (AvgIpc) is 2.26. The minimum absolute atomic E-state index is 0. The summed E-state index contributed by atoms with van der Waals surface area (Å²) in [4.78, 5) is 13.7. The topological polar surface area (TPSA) is 46.3 Å². The molecule has 0 aromatic heterocycles. The molecule has 1 amide bonds. The van der Waals surface area contributed by atoms with E-state index in [9.17, 15) is 9.18 Å². The summed E-state index contributed by atoms with van der Waals surface area (Å²) < 4.78 is 13.3. The van der Waals surface area contributed by atoms with Gasteiger partial charge in [-0.05, 0) is 42.6 Å². The number of aryl methyl sites for hydroxylation is 1. The quantitative estimate of drug-likeness (QED) is 0.926. The molecule has 2 N–H and O–H groups in total. The zero-order valence-corrected chi connectivity index (χ0v) is 12.7. The van der Waals surface area contributed by atoms with Crippen molar-refractivity contribution >= 4 is 18.3 Å². The third-order valence-electron chi connectivity index (χ3n) is 2.85. The van der Waals surface area contributed by atoms with E-state index in [1.165, 1.54) is 12.1 Å². The summed E-state index contributed by atoms with van der Waals surface area (Å²) >= 11 is 0. The molecule has 1 aromatic carbocycles. The largest absolute Gasteiger partial charge is 0.341 e. The molecule has 0 radical (unpaired) electrons. The molecule has 0 saturated carbocycles. The number of benzene rings is 1. The van der Waals surface area contributed by atoms with Crippen LogP contribution in [0.1, 0.15) is 29.8 Å². The Morgan fingerprint density at radius 1 is 1.37 bits per heavy atom. The van der Waals surface area contributed by atoms with Crippen molar-refractivity contribution in [2.75, 3.05) is 20.1 Å². The molecule has 19 heavy (non-hydrogen) atoms. The molecule has 5 heteroatoms. The first-order valence-corrected chi connectivity index (χ1v) is 5.98. The molecule has 0 aliphatic carbocycles. The summed E-state index contributed by atoms with van der Waals surface area (Å²) in [7, 11) is 1.71. The van der Waals surface area contributed by atoms with E-state index in [2.05, 4.69) is 0 Å². The molecule has 0 fully saturated rings. The highest BCUT2D eigenvalue weighted by Crippen LogP contribution is 2.16. The predicted octanol–water partition coefficient (Wildman–Crippen LogP) is 2.61. The molecule has 0 spiro atoms. The van der Waals surface area contributed by atoms with Crippen LogP contribution in [0.4, 0.5) is 4.39 Å². The molecule has 0 heterocycles. The first kappa shape index (κ1) is 17.9. The maximum Gasteiger partial charge on any atom is 0.253 e. The van der Waals surface area contributed by atoms with Crippen LogP contribution in [0.25, 0.3) is 0 Å². The molecule has 3 nitrogen and oxygen atoms in total. The van der Waals surface area contributed by atoms with E-state index >= 15 is 0 Å². The van der Waals surface area contributed by atoms with E-state index in [0.29, 0.717) is 18.7 Å². The molecule has 0 aliphatic rings. The van der Waals surface area contributed by atoms with Gasteiger partial charge in [0.25, 0.3) is 5.91 Å². The van der Waals surface area contributed by atoms with Crippen LogP contribution in [-0.4, -0.2) is 30.9 Å². The highest BCUT2D eigenvalue weighted by molar-refractivity contribution is 5.94. The van der Waals surface area contributed by atoms with Gasteiger partial charge in [-0.15, -0.1) is 12.4 Å². The summed E-state index contributed by atoms with van der Waals surface area (Å²) in [5.41, 5.74) is 6.62. The fourth-order valence-electron chi connectivity index (χ4n) is 1.86. The number of hydrogen-bond acceptors (Lipinski definition) is 2. The van der Waals surface area contributed by atoms with Crippen molar-refractivity contribution in [3.8, 4) is 0 Å². The van der Waals surface area contributed by atoms with Gasteiger partial charge in [-0.2, -0.15) is 0 Å². The van der Waals surface area contributed by atoms with Gasteiger partial charge in [0.1, 0.15) is 5.82 Å². The first-order valence-electron chi connectivity index (χ1n) is 5.98. The lowest BCUT2D eigenvalue weighted by Crippen LogP contribution is -2.39. The van der Waals surface area contributed by atoms with Crippen LogP contribution in [0.5, 0.6) is 0 Å². The van der Waals surface area contributed by atoms with E-state index in [0.717, 1.165) is 5.56 Å². The van der Waals surface area contributed by atoms with Crippen molar-refractivity contribution in [1.82, 2.24) is 4.90 Å². The van der Waals surface area contributed by atoms with Gasteiger partial charge in [0, 0.05) is 19.2 Å². The van der Waals surface area contributed by atoms with Crippen LogP contribution >= 0.6 is 12.4 Å². The number of amides is 1. The van der Waals surface area contributed by atoms with Gasteiger partial charge in [0.15, 0.2) is 0 Å². The molecule has 1 rings (SSSR count). The molecule has 108 valence electrons. The highest BCUT2D eigenvalue weighted by atomic mass is 35.5. The maximum absolute atomic E-state index is 13.3. The molecular formula is C14H22ClFN2O. The zero-order valence-electron chi connectivity index (χ0n) is 11.9. The summed E-state index contributed by atoms with van der Waals surface area (Å²) in [6.45, 7) is 6.79. The Morgan fingerprint density at radius 3 is 2.42 bits per heavy atom. The van der Waals surface area contributed by atoms with Crippen LogP contribution in [0, 0.1) is 18.2 Å². The number of rotatable bonds is 4. The van der Waals surface area contributed by atoms with E-state index < -0.39 is 0 Å². The Bertz CT molecular complexity index is 429. The number of carbonyl (C=O) groups excluding carboxylic acids is 1. The van der Waals surface area contributed by atoms with Crippen LogP contribution < -0.4 is 5.73 Å². The second-order valence-corrected chi connectivity index (χ2v) is 5.55. The Labute approximate surface area is 120 Å². The van der Waals surface area contributed by atoms with Crippen LogP contribution in [-0.2, 0) is 0 Å². The summed E-state index contributed by atoms with van der Waals surface area (Å²) in [6.07, 6.45) is 0. The monoisotopic (exact) mass is 288 g/mol. The Balaban J connectivity index is 0.00000324. The number of nitrogens with two attached hydrogens (primary N) is 1. The third kappa shape index (κ3) is 5.17. The average molecular weight is 289 g/mol. The van der Waals surface area contributed by atoms with E-state index in [1.54, 1.807) is 24.9 Å². The number of hydrogen-bond donors (Lipinski definition) is 1. The number of carbonyl (C=O) groups is 1. The molecule has 0 bridgehead atoms. The van der Waals surface area contributed by atoms with E-state index in [4.69, 9.17) is 5.73 Å². The molecule has 0 aliphatic heterocycles. The van der Waals surface area contributed by atoms with Crippen molar-refractivity contribution in [2.24, 2.45) is 11.1 Å². The summed E-state index contributed by atoms with van der Waals surface area (Å²) in [5.74, 6) is -0.566. The highest BCUT2D eigenvalue weighted by Gasteiger charge is 2.22. The third-order valence-corrected chi connectivity index (χ3v) is 2.85. The predicted molar refractivity (Wildman–Crippen MR) is 78.2 cm³/mol. The van der Waals surface area contributed by atoms with Crippen molar-refractivity contribution in [3.63, 3.8) is 0 Å². The standard InChI is InChI=1S/C14H21FN2O.ClH/c1-10-5-11(7-12(15)6-10)13(18)17(4)9-14(2,3)8-16;/h5-7H,8-9,16H2,1-4H3;1H. The van der Waals surface area contributed by atoms with Gasteiger partial charge in [0.05, 0.1) is 0 Å². The number of halogens is 2. The van der Waals surface area contributed by atoms with Crippen LogP contribution in [0.15, 0.2) is 18.2 Å². The van der Waals surface area contributed by atoms with Gasteiger partial charge in [0.2, 0.25) is 0 Å². The fraction of sp³-hybridized carbons (Fsp3) is 0.500. The molecular weight excluding hydrogens is 267 g/mol. The number of nitrogens with zero attached hydrogens (tertiary/aromatic N) is 1. The molecule has 0 saturated heterocycles. The van der Waals surface area contributed by atoms with Crippen molar-refractivity contribution in [2.45, 2.75) is 20.8 Å². The van der Waals surface area contributed by atoms with Crippen molar-refractivity contribution in [1.29, 1.82) is 0 Å². The Hall–Kier alpha value is -1.13. The molecule has 0 unspecified atom stereocenters. The fourth-order valence-corrected chi connectivity index (χ4v) is 1.86. The lowest BCUT2D eigenvalue weighted by Gasteiger charge is -2.29. The lowest BCUT2D eigenvalue weighted by molar-refractivity contribution is 0.0740. The Morgan fingerprint density at radius 2 is 1.95 bits per heavy atom. The van der Waals surface area contributed by atoms with Crippen LogP contribution in [0.2, 0.25) is 0 Å². The zero-order chi connectivity index (χ0) is 13.9. The van der Waals surface area contributed by atoms with Gasteiger partial charge in [-0.1, -0.05) is 13.8 Å². The summed E-state index contributed by atoms with van der Waals surface area (Å²) in [6, 6.07) is 4.36. The van der Waals surface area contributed by atoms with Gasteiger partial charge in [-0.3, -0.25) is 4.79 Å². The van der Waals surface area contributed by atoms with E-state index in [-0.39, 0.29) is 29.5 Å². The SMILES string of the molecule is Cc1cc(F)cc(C(=O)N(C)CC(C)(C)CN)c1.Cl. The van der Waals surface area contributed by atoms with Gasteiger partial charge >= 0.3 is 0 Å². The summed E-state index contributed by atoms with van der Waals surface area (Å²) in [5, 5.41) is 0. The van der Waals surface area contributed by atoms with Gasteiger partial charge in [-0.25, -0.2) is 4.39 Å². The van der Waals surface area contributed by atoms with Crippen molar-refractivity contribution < 1.29 is 9.18 Å². The minimum Gasteiger partial charge on any atom is -0.341 e. The molecule has 0 atom stereocenters. The van der Waals surface area contributed by atoms with Crippen LogP contribution in [0.3, 0.4) is 0 Å². The maximum atomic E-state index is 13.3. The second kappa shape index (κ2) is 6.87. The first-order chi connectivity index (χ1) is 8.25. The van der Waals surface area contributed by atoms with Crippen molar-refractivity contribution in [3.05, 3.63) is 35.1 Å². The second-order valence-electron chi connectivity index (χ2n) is 5.55. The normalized spacial score (nSPS) is 10.8. The van der Waals surface area contributed by atoms with Gasteiger partial charge < -0.3 is 10.6 Å². The minimum atomic E-state index is -0.384. The smallest absolute Gasteiger partial charge is 0.253 e. The Kier molecular flexibility index (Phi) is 6.46. The lowest BCUT2D eigenvalue weighted by atomic mass is 9.93.